The Morgan fingerprint density at radius 2 is 2.27 bits per heavy atom. The van der Waals surface area contributed by atoms with E-state index in [2.05, 4.69) is 36.6 Å². The maximum absolute atomic E-state index is 11.1. The van der Waals surface area contributed by atoms with E-state index in [4.69, 9.17) is 0 Å². The predicted molar refractivity (Wildman–Crippen MR) is 92.0 cm³/mol. The first-order valence-corrected chi connectivity index (χ1v) is 8.20. The van der Waals surface area contributed by atoms with Crippen molar-refractivity contribution in [3.63, 3.8) is 0 Å². The summed E-state index contributed by atoms with van der Waals surface area (Å²) in [5, 5.41) is 1.24. The molecule has 22 heavy (non-hydrogen) atoms. The average molecular weight is 296 g/mol. The summed E-state index contributed by atoms with van der Waals surface area (Å²) in [6, 6.07) is 6.94. The zero-order chi connectivity index (χ0) is 15.5. The van der Waals surface area contributed by atoms with E-state index in [-0.39, 0.29) is 0 Å². The van der Waals surface area contributed by atoms with E-state index in [1.807, 2.05) is 12.3 Å². The fourth-order valence-corrected chi connectivity index (χ4v) is 3.76. The Labute approximate surface area is 132 Å². The molecular weight excluding hydrogens is 272 g/mol. The summed E-state index contributed by atoms with van der Waals surface area (Å²) in [6.07, 6.45) is 9.34. The molecule has 1 heterocycles. The molecule has 3 heteroatoms. The maximum atomic E-state index is 11.1. The standard InChI is InChI=1S/C19H24N2O/c1-3-10-20(11-4-2)16-7-5-15-6-8-19-17(18(15)13-16)9-12-21(19)14-22/h3,6,8-9,12,14,16H,1,4-5,7,10-11,13H2,2H3. The Kier molecular flexibility index (Phi) is 4.44. The van der Waals surface area contributed by atoms with E-state index < -0.39 is 0 Å². The van der Waals surface area contributed by atoms with Crippen molar-refractivity contribution in [3.05, 3.63) is 48.2 Å². The number of hydrogen-bond acceptors (Lipinski definition) is 2. The Hall–Kier alpha value is -1.87. The van der Waals surface area contributed by atoms with Gasteiger partial charge in [0, 0.05) is 24.2 Å². The minimum atomic E-state index is 0.579. The average Bonchev–Trinajstić information content (AvgIpc) is 2.97. The third-order valence-electron chi connectivity index (χ3n) is 4.80. The summed E-state index contributed by atoms with van der Waals surface area (Å²) in [5.74, 6) is 0. The lowest BCUT2D eigenvalue weighted by Crippen LogP contribution is -2.40. The quantitative estimate of drug-likeness (QED) is 0.603. The molecule has 0 aliphatic heterocycles. The molecular formula is C19H24N2O. The number of rotatable bonds is 6. The van der Waals surface area contributed by atoms with Crippen LogP contribution in [0.1, 0.15) is 30.9 Å². The highest BCUT2D eigenvalue weighted by Gasteiger charge is 2.25. The smallest absolute Gasteiger partial charge is 0.218 e. The lowest BCUT2D eigenvalue weighted by atomic mass is 9.85. The molecule has 0 spiro atoms. The van der Waals surface area contributed by atoms with Gasteiger partial charge >= 0.3 is 0 Å². The summed E-state index contributed by atoms with van der Waals surface area (Å²) in [4.78, 5) is 13.7. The SMILES string of the molecule is C=CCN(CCC)C1CCc2ccc3c(ccn3C=O)c2C1. The zero-order valence-electron chi connectivity index (χ0n) is 13.3. The zero-order valence-corrected chi connectivity index (χ0v) is 13.3. The van der Waals surface area contributed by atoms with Crippen molar-refractivity contribution in [2.24, 2.45) is 0 Å². The van der Waals surface area contributed by atoms with Crippen LogP contribution in [-0.2, 0) is 17.6 Å². The Morgan fingerprint density at radius 3 is 3.00 bits per heavy atom. The van der Waals surface area contributed by atoms with Crippen LogP contribution in [0, 0.1) is 0 Å². The van der Waals surface area contributed by atoms with Crippen molar-refractivity contribution < 1.29 is 4.79 Å². The van der Waals surface area contributed by atoms with Gasteiger partial charge in [-0.3, -0.25) is 14.3 Å². The summed E-state index contributed by atoms with van der Waals surface area (Å²) in [5.41, 5.74) is 3.90. The third kappa shape index (κ3) is 2.61. The topological polar surface area (TPSA) is 25.2 Å². The first kappa shape index (κ1) is 15.0. The van der Waals surface area contributed by atoms with Crippen molar-refractivity contribution in [2.45, 2.75) is 38.6 Å². The molecule has 0 saturated heterocycles. The van der Waals surface area contributed by atoms with E-state index in [0.29, 0.717) is 6.04 Å². The van der Waals surface area contributed by atoms with E-state index in [0.717, 1.165) is 37.9 Å². The summed E-state index contributed by atoms with van der Waals surface area (Å²) in [6.45, 7) is 8.21. The number of hydrogen-bond donors (Lipinski definition) is 0. The van der Waals surface area contributed by atoms with Gasteiger partial charge < -0.3 is 0 Å². The van der Waals surface area contributed by atoms with Gasteiger partial charge in [0.15, 0.2) is 0 Å². The molecule has 3 nitrogen and oxygen atoms in total. The molecule has 1 aliphatic rings. The minimum Gasteiger partial charge on any atom is -0.296 e. The van der Waals surface area contributed by atoms with Crippen molar-refractivity contribution in [1.29, 1.82) is 0 Å². The van der Waals surface area contributed by atoms with Crippen molar-refractivity contribution in [2.75, 3.05) is 13.1 Å². The van der Waals surface area contributed by atoms with Crippen molar-refractivity contribution in [3.8, 4) is 0 Å². The molecule has 0 fully saturated rings. The molecule has 1 atom stereocenters. The van der Waals surface area contributed by atoms with Crippen molar-refractivity contribution >= 4 is 17.3 Å². The molecule has 0 saturated carbocycles. The molecule has 0 radical (unpaired) electrons. The predicted octanol–water partition coefficient (Wildman–Crippen LogP) is 3.43. The molecule has 1 unspecified atom stereocenters. The molecule has 1 aliphatic carbocycles. The summed E-state index contributed by atoms with van der Waals surface area (Å²) in [7, 11) is 0. The van der Waals surface area contributed by atoms with Crippen molar-refractivity contribution in [1.82, 2.24) is 9.47 Å². The van der Waals surface area contributed by atoms with Crippen LogP contribution in [0.15, 0.2) is 37.1 Å². The van der Waals surface area contributed by atoms with Gasteiger partial charge in [-0.15, -0.1) is 6.58 Å². The van der Waals surface area contributed by atoms with Crippen LogP contribution in [0.25, 0.3) is 10.9 Å². The second kappa shape index (κ2) is 6.49. The minimum absolute atomic E-state index is 0.579. The van der Waals surface area contributed by atoms with Gasteiger partial charge in [-0.25, -0.2) is 0 Å². The Balaban J connectivity index is 1.95. The molecule has 0 N–H and O–H groups in total. The van der Waals surface area contributed by atoms with Gasteiger partial charge in [-0.2, -0.15) is 0 Å². The third-order valence-corrected chi connectivity index (χ3v) is 4.80. The van der Waals surface area contributed by atoms with E-state index in [9.17, 15) is 4.79 Å². The second-order valence-electron chi connectivity index (χ2n) is 6.14. The van der Waals surface area contributed by atoms with Crippen LogP contribution < -0.4 is 0 Å². The van der Waals surface area contributed by atoms with Gasteiger partial charge in [0.25, 0.3) is 0 Å². The number of nitrogens with zero attached hydrogens (tertiary/aromatic N) is 2. The van der Waals surface area contributed by atoms with Gasteiger partial charge in [-0.05, 0) is 55.5 Å². The number of carbonyl (C=O) groups excluding carboxylic acids is 1. The Bertz CT molecular complexity index is 686. The monoisotopic (exact) mass is 296 g/mol. The number of aromatic nitrogens is 1. The Morgan fingerprint density at radius 1 is 1.41 bits per heavy atom. The van der Waals surface area contributed by atoms with Gasteiger partial charge in [0.1, 0.15) is 0 Å². The van der Waals surface area contributed by atoms with E-state index >= 15 is 0 Å². The number of fused-ring (bicyclic) bond motifs is 3. The molecule has 116 valence electrons. The first-order chi connectivity index (χ1) is 10.8. The highest BCUT2D eigenvalue weighted by Crippen LogP contribution is 2.31. The fourth-order valence-electron chi connectivity index (χ4n) is 3.76. The van der Waals surface area contributed by atoms with E-state index in [1.54, 1.807) is 4.57 Å². The van der Waals surface area contributed by atoms with Gasteiger partial charge in [-0.1, -0.05) is 19.1 Å². The summed E-state index contributed by atoms with van der Waals surface area (Å²) < 4.78 is 1.67. The van der Waals surface area contributed by atoms with Crippen LogP contribution in [0.5, 0.6) is 0 Å². The highest BCUT2D eigenvalue weighted by atomic mass is 16.1. The lowest BCUT2D eigenvalue weighted by Gasteiger charge is -2.34. The van der Waals surface area contributed by atoms with Crippen LogP contribution in [0.4, 0.5) is 0 Å². The van der Waals surface area contributed by atoms with Crippen LogP contribution >= 0.6 is 0 Å². The van der Waals surface area contributed by atoms with Crippen LogP contribution in [0.2, 0.25) is 0 Å². The fraction of sp³-hybridized carbons (Fsp3) is 0.421. The molecule has 0 amide bonds. The van der Waals surface area contributed by atoms with E-state index in [1.165, 1.54) is 29.4 Å². The largest absolute Gasteiger partial charge is 0.296 e. The van der Waals surface area contributed by atoms with Gasteiger partial charge in [0.05, 0.1) is 5.52 Å². The number of benzene rings is 1. The lowest BCUT2D eigenvalue weighted by molar-refractivity contribution is 0.200. The first-order valence-electron chi connectivity index (χ1n) is 8.20. The highest BCUT2D eigenvalue weighted by molar-refractivity contribution is 5.89. The molecule has 3 rings (SSSR count). The van der Waals surface area contributed by atoms with Crippen LogP contribution in [0.3, 0.4) is 0 Å². The molecule has 0 bridgehead atoms. The number of aryl methyl sites for hydroxylation is 1. The summed E-state index contributed by atoms with van der Waals surface area (Å²) >= 11 is 0. The normalized spacial score (nSPS) is 17.6. The van der Waals surface area contributed by atoms with Crippen LogP contribution in [-0.4, -0.2) is 35.0 Å². The maximum Gasteiger partial charge on any atom is 0.218 e. The number of carbonyl (C=O) groups is 1. The molecule has 1 aromatic carbocycles. The van der Waals surface area contributed by atoms with Gasteiger partial charge in [0.2, 0.25) is 6.41 Å². The second-order valence-corrected chi connectivity index (χ2v) is 6.14. The molecule has 1 aromatic heterocycles. The molecule has 2 aromatic rings.